The number of nitrogens with two attached hydrogens (primary N) is 1. The van der Waals surface area contributed by atoms with Crippen molar-refractivity contribution >= 4 is 5.91 Å². The summed E-state index contributed by atoms with van der Waals surface area (Å²) in [5.74, 6) is 0.576. The summed E-state index contributed by atoms with van der Waals surface area (Å²) in [6.45, 7) is 4.69. The fourth-order valence-electron chi connectivity index (χ4n) is 2.43. The molecule has 0 bridgehead atoms. The maximum atomic E-state index is 12.2. The van der Waals surface area contributed by atoms with Crippen molar-refractivity contribution in [2.24, 2.45) is 17.6 Å². The molecule has 98 valence electrons. The summed E-state index contributed by atoms with van der Waals surface area (Å²) in [7, 11) is 0. The van der Waals surface area contributed by atoms with Crippen molar-refractivity contribution in [1.29, 1.82) is 0 Å². The Morgan fingerprint density at radius 2 is 1.89 bits per heavy atom. The number of hydrogen-bond acceptors (Lipinski definition) is 2. The first kappa shape index (κ1) is 13.1. The van der Waals surface area contributed by atoms with E-state index in [1.54, 1.807) is 0 Å². The van der Waals surface area contributed by atoms with Crippen molar-refractivity contribution < 1.29 is 4.79 Å². The smallest absolute Gasteiger partial charge is 0.223 e. The highest BCUT2D eigenvalue weighted by molar-refractivity contribution is 5.80. The van der Waals surface area contributed by atoms with E-state index in [0.29, 0.717) is 12.5 Å². The Morgan fingerprint density at radius 1 is 1.33 bits per heavy atom. The number of benzene rings is 1. The molecule has 0 saturated carbocycles. The van der Waals surface area contributed by atoms with Crippen LogP contribution >= 0.6 is 0 Å². The van der Waals surface area contributed by atoms with E-state index in [1.165, 1.54) is 11.1 Å². The summed E-state index contributed by atoms with van der Waals surface area (Å²) in [4.78, 5) is 12.2. The minimum atomic E-state index is 0.0924. The minimum Gasteiger partial charge on any atom is -0.353 e. The summed E-state index contributed by atoms with van der Waals surface area (Å²) in [6.07, 6.45) is 1.73. The first-order valence-electron chi connectivity index (χ1n) is 6.69. The van der Waals surface area contributed by atoms with Crippen LogP contribution in [0.5, 0.6) is 0 Å². The largest absolute Gasteiger partial charge is 0.353 e. The second-order valence-electron chi connectivity index (χ2n) is 5.38. The molecule has 2 rings (SSSR count). The lowest BCUT2D eigenvalue weighted by Gasteiger charge is -2.21. The molecule has 3 heteroatoms. The van der Waals surface area contributed by atoms with Gasteiger partial charge in [0.2, 0.25) is 5.91 Å². The van der Waals surface area contributed by atoms with Crippen molar-refractivity contribution in [2.75, 3.05) is 6.54 Å². The zero-order chi connectivity index (χ0) is 13.1. The molecule has 3 N–H and O–H groups in total. The monoisotopic (exact) mass is 246 g/mol. The van der Waals surface area contributed by atoms with Crippen LogP contribution in [-0.4, -0.2) is 18.5 Å². The molecule has 1 aromatic carbocycles. The molecule has 1 aliphatic carbocycles. The van der Waals surface area contributed by atoms with Crippen LogP contribution in [0, 0.1) is 11.8 Å². The van der Waals surface area contributed by atoms with Gasteiger partial charge >= 0.3 is 0 Å². The Kier molecular flexibility index (Phi) is 4.02. The number of fused-ring (bicyclic) bond motifs is 1. The zero-order valence-electron chi connectivity index (χ0n) is 11.1. The Labute approximate surface area is 109 Å². The molecule has 1 aromatic rings. The lowest BCUT2D eigenvalue weighted by molar-refractivity contribution is -0.125. The minimum absolute atomic E-state index is 0.0924. The molecular weight excluding hydrogens is 224 g/mol. The zero-order valence-corrected chi connectivity index (χ0v) is 11.1. The maximum absolute atomic E-state index is 12.2. The van der Waals surface area contributed by atoms with Crippen LogP contribution in [0.1, 0.15) is 25.0 Å². The van der Waals surface area contributed by atoms with E-state index in [9.17, 15) is 4.79 Å². The van der Waals surface area contributed by atoms with Crippen LogP contribution in [0.3, 0.4) is 0 Å². The highest BCUT2D eigenvalue weighted by Gasteiger charge is 2.28. The highest BCUT2D eigenvalue weighted by atomic mass is 16.1. The van der Waals surface area contributed by atoms with E-state index in [1.807, 2.05) is 19.1 Å². The fourth-order valence-corrected chi connectivity index (χ4v) is 2.43. The number of carbonyl (C=O) groups excluding carboxylic acids is 1. The molecule has 0 aliphatic heterocycles. The molecule has 0 heterocycles. The third-order valence-corrected chi connectivity index (χ3v) is 4.02. The molecule has 1 aliphatic rings. The fraction of sp³-hybridized carbons (Fsp3) is 0.533. The van der Waals surface area contributed by atoms with Gasteiger partial charge < -0.3 is 11.1 Å². The molecule has 0 fully saturated rings. The number of amides is 1. The van der Waals surface area contributed by atoms with E-state index in [4.69, 9.17) is 5.73 Å². The predicted molar refractivity (Wildman–Crippen MR) is 73.2 cm³/mol. The molecule has 0 saturated heterocycles. The van der Waals surface area contributed by atoms with Gasteiger partial charge in [0, 0.05) is 12.0 Å². The molecule has 0 spiro atoms. The van der Waals surface area contributed by atoms with Crippen LogP contribution in [0.15, 0.2) is 24.3 Å². The third kappa shape index (κ3) is 2.72. The van der Waals surface area contributed by atoms with E-state index >= 15 is 0 Å². The molecule has 1 amide bonds. The van der Waals surface area contributed by atoms with Gasteiger partial charge in [-0.3, -0.25) is 4.79 Å². The van der Waals surface area contributed by atoms with Crippen LogP contribution in [-0.2, 0) is 17.6 Å². The third-order valence-electron chi connectivity index (χ3n) is 4.02. The van der Waals surface area contributed by atoms with Crippen LogP contribution < -0.4 is 11.1 Å². The van der Waals surface area contributed by atoms with Crippen LogP contribution in [0.2, 0.25) is 0 Å². The van der Waals surface area contributed by atoms with Gasteiger partial charge in [-0.15, -0.1) is 0 Å². The number of nitrogens with one attached hydrogen (secondary N) is 1. The first-order chi connectivity index (χ1) is 8.61. The van der Waals surface area contributed by atoms with Gasteiger partial charge in [-0.1, -0.05) is 31.2 Å². The van der Waals surface area contributed by atoms with Crippen molar-refractivity contribution in [1.82, 2.24) is 5.32 Å². The van der Waals surface area contributed by atoms with Crippen molar-refractivity contribution in [3.63, 3.8) is 0 Å². The number of rotatable bonds is 4. The molecule has 0 aromatic heterocycles. The van der Waals surface area contributed by atoms with Crippen LogP contribution in [0.25, 0.3) is 0 Å². The second kappa shape index (κ2) is 5.53. The van der Waals surface area contributed by atoms with Crippen molar-refractivity contribution in [3.05, 3.63) is 35.4 Å². The van der Waals surface area contributed by atoms with Gasteiger partial charge in [0.1, 0.15) is 0 Å². The lowest BCUT2D eigenvalue weighted by atomic mass is 10.0. The van der Waals surface area contributed by atoms with Gasteiger partial charge in [-0.25, -0.2) is 0 Å². The van der Waals surface area contributed by atoms with E-state index in [0.717, 1.165) is 12.8 Å². The Balaban J connectivity index is 1.93. The first-order valence-corrected chi connectivity index (χ1v) is 6.69. The lowest BCUT2D eigenvalue weighted by Crippen LogP contribution is -2.42. The summed E-state index contributed by atoms with van der Waals surface area (Å²) in [6, 6.07) is 8.46. The Morgan fingerprint density at radius 3 is 2.39 bits per heavy atom. The van der Waals surface area contributed by atoms with Gasteiger partial charge in [0.25, 0.3) is 0 Å². The SMILES string of the molecule is CC(CN)C(C)NC(=O)C1Cc2ccccc2C1. The molecule has 18 heavy (non-hydrogen) atoms. The van der Waals surface area contributed by atoms with Crippen molar-refractivity contribution in [3.8, 4) is 0 Å². The molecule has 3 nitrogen and oxygen atoms in total. The molecular formula is C15H22N2O. The normalized spacial score (nSPS) is 18.2. The molecule has 2 unspecified atom stereocenters. The summed E-state index contributed by atoms with van der Waals surface area (Å²) in [5, 5.41) is 3.09. The highest BCUT2D eigenvalue weighted by Crippen LogP contribution is 2.26. The van der Waals surface area contributed by atoms with Gasteiger partial charge in [-0.05, 0) is 43.4 Å². The van der Waals surface area contributed by atoms with Gasteiger partial charge in [0.05, 0.1) is 0 Å². The van der Waals surface area contributed by atoms with E-state index < -0.39 is 0 Å². The number of carbonyl (C=O) groups is 1. The van der Waals surface area contributed by atoms with Gasteiger partial charge in [-0.2, -0.15) is 0 Å². The quantitative estimate of drug-likeness (QED) is 0.846. The van der Waals surface area contributed by atoms with E-state index in [2.05, 4.69) is 24.4 Å². The maximum Gasteiger partial charge on any atom is 0.223 e. The summed E-state index contributed by atoms with van der Waals surface area (Å²) < 4.78 is 0. The van der Waals surface area contributed by atoms with E-state index in [-0.39, 0.29) is 17.9 Å². The summed E-state index contributed by atoms with van der Waals surface area (Å²) in [5.41, 5.74) is 8.25. The standard InChI is InChI=1S/C15H22N2O/c1-10(9-16)11(2)17-15(18)14-7-12-5-3-4-6-13(12)8-14/h3-6,10-11,14H,7-9,16H2,1-2H3,(H,17,18). The average Bonchev–Trinajstić information content (AvgIpc) is 2.81. The Hall–Kier alpha value is -1.35. The van der Waals surface area contributed by atoms with Crippen LogP contribution in [0.4, 0.5) is 0 Å². The molecule has 0 radical (unpaired) electrons. The Bertz CT molecular complexity index is 405. The average molecular weight is 246 g/mol. The van der Waals surface area contributed by atoms with Gasteiger partial charge in [0.15, 0.2) is 0 Å². The molecule has 2 atom stereocenters. The second-order valence-corrected chi connectivity index (χ2v) is 5.38. The predicted octanol–water partition coefficient (Wildman–Crippen LogP) is 1.50. The topological polar surface area (TPSA) is 55.1 Å². The number of hydrogen-bond donors (Lipinski definition) is 2. The summed E-state index contributed by atoms with van der Waals surface area (Å²) >= 11 is 0. The van der Waals surface area contributed by atoms with Crippen molar-refractivity contribution in [2.45, 2.75) is 32.7 Å².